The van der Waals surface area contributed by atoms with Crippen molar-refractivity contribution in [2.24, 2.45) is 0 Å². The topological polar surface area (TPSA) is 57.6 Å². The lowest BCUT2D eigenvalue weighted by molar-refractivity contribution is 0.0701. The van der Waals surface area contributed by atoms with E-state index < -0.39 is 5.97 Å². The van der Waals surface area contributed by atoms with E-state index in [-0.39, 0.29) is 10.8 Å². The van der Waals surface area contributed by atoms with Crippen molar-refractivity contribution in [1.29, 1.82) is 0 Å². The van der Waals surface area contributed by atoms with Crippen molar-refractivity contribution in [3.05, 3.63) is 57.3 Å². The van der Waals surface area contributed by atoms with Gasteiger partial charge in [-0.3, -0.25) is 4.79 Å². The van der Waals surface area contributed by atoms with Crippen LogP contribution in [0.4, 0.5) is 0 Å². The first-order valence-corrected chi connectivity index (χ1v) is 7.51. The molecule has 0 radical (unpaired) electrons. The van der Waals surface area contributed by atoms with E-state index >= 15 is 0 Å². The molecule has 2 aromatic rings. The second-order valence-electron chi connectivity index (χ2n) is 4.71. The highest BCUT2D eigenvalue weighted by atomic mass is 32.1. The predicted molar refractivity (Wildman–Crippen MR) is 82.9 cm³/mol. The molecular weight excluding hydrogens is 286 g/mol. The van der Waals surface area contributed by atoms with E-state index in [1.165, 1.54) is 6.07 Å². The van der Waals surface area contributed by atoms with Crippen molar-refractivity contribution < 1.29 is 14.7 Å². The molecule has 0 spiro atoms. The number of carbonyl (C=O) groups excluding carboxylic acids is 1. The minimum atomic E-state index is -0.999. The van der Waals surface area contributed by atoms with Gasteiger partial charge in [-0.1, -0.05) is 24.3 Å². The van der Waals surface area contributed by atoms with Gasteiger partial charge in [-0.05, 0) is 37.1 Å². The number of amides is 1. The number of aryl methyl sites for hydroxylation is 1. The van der Waals surface area contributed by atoms with Crippen molar-refractivity contribution in [1.82, 2.24) is 4.90 Å². The monoisotopic (exact) mass is 303 g/mol. The maximum absolute atomic E-state index is 12.5. The molecule has 110 valence electrons. The van der Waals surface area contributed by atoms with Gasteiger partial charge in [-0.25, -0.2) is 4.79 Å². The molecule has 1 heterocycles. The molecule has 0 aliphatic rings. The van der Waals surface area contributed by atoms with Crippen LogP contribution in [0.25, 0.3) is 0 Å². The zero-order valence-electron chi connectivity index (χ0n) is 12.0. The highest BCUT2D eigenvalue weighted by Gasteiger charge is 2.18. The smallest absolute Gasteiger partial charge is 0.345 e. The minimum Gasteiger partial charge on any atom is -0.477 e. The lowest BCUT2D eigenvalue weighted by Crippen LogP contribution is -2.30. The molecule has 5 heteroatoms. The Morgan fingerprint density at radius 1 is 1.14 bits per heavy atom. The molecule has 0 bridgehead atoms. The number of hydrogen-bond donors (Lipinski definition) is 1. The van der Waals surface area contributed by atoms with Crippen molar-refractivity contribution >= 4 is 23.2 Å². The maximum atomic E-state index is 12.5. The van der Waals surface area contributed by atoms with Crippen LogP contribution in [0.15, 0.2) is 36.4 Å². The molecule has 0 fully saturated rings. The van der Waals surface area contributed by atoms with Gasteiger partial charge in [-0.15, -0.1) is 11.3 Å². The summed E-state index contributed by atoms with van der Waals surface area (Å²) in [6, 6.07) is 11.0. The van der Waals surface area contributed by atoms with E-state index in [2.05, 4.69) is 0 Å². The number of rotatable bonds is 5. The van der Waals surface area contributed by atoms with Crippen LogP contribution in [0.1, 0.15) is 37.4 Å². The molecule has 1 aromatic heterocycles. The third kappa shape index (κ3) is 3.49. The van der Waals surface area contributed by atoms with E-state index in [1.807, 2.05) is 38.1 Å². The molecule has 2 rings (SSSR count). The Kier molecular flexibility index (Phi) is 4.75. The number of carbonyl (C=O) groups is 2. The van der Waals surface area contributed by atoms with Crippen LogP contribution in [0.2, 0.25) is 0 Å². The van der Waals surface area contributed by atoms with Crippen molar-refractivity contribution in [3.63, 3.8) is 0 Å². The number of carboxylic acids is 1. The summed E-state index contributed by atoms with van der Waals surface area (Å²) in [4.78, 5) is 25.7. The van der Waals surface area contributed by atoms with Crippen LogP contribution in [0.5, 0.6) is 0 Å². The Morgan fingerprint density at radius 2 is 1.81 bits per heavy atom. The molecule has 0 atom stereocenters. The summed E-state index contributed by atoms with van der Waals surface area (Å²) in [7, 11) is 0. The molecule has 0 saturated carbocycles. The number of benzene rings is 1. The first kappa shape index (κ1) is 15.3. The fraction of sp³-hybridized carbons (Fsp3) is 0.250. The standard InChI is InChI=1S/C16H17NO3S/c1-3-17(10-12-7-5-4-6-11(12)2)15(18)13-8-9-14(21-13)16(19)20/h4-9H,3,10H2,1-2H3,(H,19,20). The van der Waals surface area contributed by atoms with E-state index in [4.69, 9.17) is 5.11 Å². The second kappa shape index (κ2) is 6.54. The zero-order chi connectivity index (χ0) is 15.4. The van der Waals surface area contributed by atoms with Gasteiger partial charge < -0.3 is 10.0 Å². The molecule has 0 saturated heterocycles. The Balaban J connectivity index is 2.18. The van der Waals surface area contributed by atoms with E-state index in [0.717, 1.165) is 22.5 Å². The quantitative estimate of drug-likeness (QED) is 0.920. The molecule has 0 unspecified atom stereocenters. The second-order valence-corrected chi connectivity index (χ2v) is 5.80. The number of thiophene rings is 1. The van der Waals surface area contributed by atoms with Crippen molar-refractivity contribution in [2.75, 3.05) is 6.54 Å². The molecule has 0 aliphatic carbocycles. The minimum absolute atomic E-state index is 0.127. The number of carboxylic acid groups (broad SMARTS) is 1. The highest BCUT2D eigenvalue weighted by molar-refractivity contribution is 7.15. The third-order valence-corrected chi connectivity index (χ3v) is 4.38. The summed E-state index contributed by atoms with van der Waals surface area (Å²) in [5.74, 6) is -1.13. The van der Waals surface area contributed by atoms with Gasteiger partial charge in [0.15, 0.2) is 0 Å². The Morgan fingerprint density at radius 3 is 2.38 bits per heavy atom. The molecule has 0 aliphatic heterocycles. The number of hydrogen-bond acceptors (Lipinski definition) is 3. The zero-order valence-corrected chi connectivity index (χ0v) is 12.8. The molecule has 1 N–H and O–H groups in total. The van der Waals surface area contributed by atoms with Gasteiger partial charge in [0, 0.05) is 13.1 Å². The molecule has 1 aromatic carbocycles. The van der Waals surface area contributed by atoms with Crippen LogP contribution in [0, 0.1) is 6.92 Å². The molecular formula is C16H17NO3S. The molecule has 4 nitrogen and oxygen atoms in total. The summed E-state index contributed by atoms with van der Waals surface area (Å²) < 4.78 is 0. The fourth-order valence-corrected chi connectivity index (χ4v) is 2.86. The maximum Gasteiger partial charge on any atom is 0.345 e. The van der Waals surface area contributed by atoms with Crippen molar-refractivity contribution in [2.45, 2.75) is 20.4 Å². The number of aromatic carboxylic acids is 1. The third-order valence-electron chi connectivity index (χ3n) is 3.32. The number of nitrogens with zero attached hydrogens (tertiary/aromatic N) is 1. The first-order chi connectivity index (χ1) is 10.0. The van der Waals surface area contributed by atoms with E-state index in [1.54, 1.807) is 11.0 Å². The normalized spacial score (nSPS) is 10.4. The van der Waals surface area contributed by atoms with Crippen LogP contribution < -0.4 is 0 Å². The Labute approximate surface area is 127 Å². The van der Waals surface area contributed by atoms with Gasteiger partial charge >= 0.3 is 5.97 Å². The predicted octanol–water partition coefficient (Wildman–Crippen LogP) is 3.42. The summed E-state index contributed by atoms with van der Waals surface area (Å²) in [6.45, 7) is 5.04. The highest BCUT2D eigenvalue weighted by Crippen LogP contribution is 2.20. The van der Waals surface area contributed by atoms with Gasteiger partial charge in [-0.2, -0.15) is 0 Å². The fourth-order valence-electron chi connectivity index (χ4n) is 2.04. The first-order valence-electron chi connectivity index (χ1n) is 6.69. The molecule has 1 amide bonds. The van der Waals surface area contributed by atoms with Gasteiger partial charge in [0.05, 0.1) is 4.88 Å². The summed E-state index contributed by atoms with van der Waals surface area (Å²) >= 11 is 1.02. The average Bonchev–Trinajstić information content (AvgIpc) is 2.96. The summed E-state index contributed by atoms with van der Waals surface area (Å²) in [5, 5.41) is 8.93. The summed E-state index contributed by atoms with van der Waals surface area (Å²) in [6.07, 6.45) is 0. The lowest BCUT2D eigenvalue weighted by Gasteiger charge is -2.21. The van der Waals surface area contributed by atoms with Crippen LogP contribution in [0.3, 0.4) is 0 Å². The van der Waals surface area contributed by atoms with E-state index in [9.17, 15) is 9.59 Å². The van der Waals surface area contributed by atoms with Gasteiger partial charge in [0.1, 0.15) is 4.88 Å². The van der Waals surface area contributed by atoms with Crippen LogP contribution >= 0.6 is 11.3 Å². The molecule has 21 heavy (non-hydrogen) atoms. The largest absolute Gasteiger partial charge is 0.477 e. The lowest BCUT2D eigenvalue weighted by atomic mass is 10.1. The SMILES string of the molecule is CCN(Cc1ccccc1C)C(=O)c1ccc(C(=O)O)s1. The van der Waals surface area contributed by atoms with E-state index in [0.29, 0.717) is 18.0 Å². The summed E-state index contributed by atoms with van der Waals surface area (Å²) in [5.41, 5.74) is 2.24. The Hall–Kier alpha value is -2.14. The van der Waals surface area contributed by atoms with Crippen molar-refractivity contribution in [3.8, 4) is 0 Å². The van der Waals surface area contributed by atoms with Crippen LogP contribution in [-0.2, 0) is 6.54 Å². The van der Waals surface area contributed by atoms with Crippen LogP contribution in [-0.4, -0.2) is 28.4 Å². The van der Waals surface area contributed by atoms with Gasteiger partial charge in [0.2, 0.25) is 0 Å². The van der Waals surface area contributed by atoms with Gasteiger partial charge in [0.25, 0.3) is 5.91 Å². The average molecular weight is 303 g/mol. The Bertz CT molecular complexity index is 663.